The Morgan fingerprint density at radius 1 is 0.804 bits per heavy atom. The van der Waals surface area contributed by atoms with Crippen molar-refractivity contribution >= 4 is 47.4 Å². The summed E-state index contributed by atoms with van der Waals surface area (Å²) in [5.41, 5.74) is 11.3. The Hall–Kier alpha value is -5.22. The number of nitrogens with one attached hydrogen (secondary N) is 6. The fraction of sp³-hybridized carbons (Fsp3) is 0.517. The zero-order valence-electron chi connectivity index (χ0n) is 25.8. The lowest BCUT2D eigenvalue weighted by molar-refractivity contribution is -0.141. The first-order valence-corrected chi connectivity index (χ1v) is 14.8. The van der Waals surface area contributed by atoms with Crippen LogP contribution >= 0.6 is 0 Å². The van der Waals surface area contributed by atoms with Crippen LogP contribution in [-0.2, 0) is 40.0 Å². The van der Waals surface area contributed by atoms with E-state index in [9.17, 15) is 38.7 Å². The largest absolute Gasteiger partial charge is 0.481 e. The molecule has 17 nitrogen and oxygen atoms in total. The second-order valence-electron chi connectivity index (χ2n) is 11.2. The summed E-state index contributed by atoms with van der Waals surface area (Å²) in [5.74, 6) is -6.38. The van der Waals surface area contributed by atoms with Crippen molar-refractivity contribution in [3.05, 3.63) is 35.9 Å². The number of carboxylic acid groups (broad SMARTS) is 1. The van der Waals surface area contributed by atoms with Crippen LogP contribution in [0.3, 0.4) is 0 Å². The van der Waals surface area contributed by atoms with Gasteiger partial charge in [-0.05, 0) is 30.7 Å². The average molecular weight is 646 g/mol. The molecule has 0 saturated carbocycles. The molecule has 0 aromatic heterocycles. The van der Waals surface area contributed by atoms with E-state index in [4.69, 9.17) is 11.5 Å². The topological polar surface area (TPSA) is 276 Å². The predicted octanol–water partition coefficient (Wildman–Crippen LogP) is -3.01. The molecule has 11 N–H and O–H groups in total. The van der Waals surface area contributed by atoms with Gasteiger partial charge in [0, 0.05) is 13.0 Å². The van der Waals surface area contributed by atoms with Crippen LogP contribution in [0.2, 0.25) is 0 Å². The van der Waals surface area contributed by atoms with E-state index in [-0.39, 0.29) is 44.1 Å². The van der Waals surface area contributed by atoms with E-state index in [1.165, 1.54) is 0 Å². The van der Waals surface area contributed by atoms with Crippen molar-refractivity contribution in [3.8, 4) is 0 Å². The smallest absolute Gasteiger partial charge is 0.305 e. The third kappa shape index (κ3) is 13.6. The molecule has 0 radical (unpaired) electrons. The molecule has 0 spiro atoms. The number of guanidine groups is 1. The molecule has 1 heterocycles. The van der Waals surface area contributed by atoms with Crippen LogP contribution in [0.4, 0.5) is 0 Å². The van der Waals surface area contributed by atoms with Gasteiger partial charge in [0.1, 0.15) is 24.2 Å². The summed E-state index contributed by atoms with van der Waals surface area (Å²) in [4.78, 5) is 93.8. The van der Waals surface area contributed by atoms with Gasteiger partial charge in [0.2, 0.25) is 35.4 Å². The fourth-order valence-corrected chi connectivity index (χ4v) is 4.53. The number of carboxylic acids is 1. The minimum atomic E-state index is -1.61. The first-order chi connectivity index (χ1) is 21.7. The number of hydrogen-bond acceptors (Lipinski definition) is 8. The van der Waals surface area contributed by atoms with Crippen LogP contribution in [0.5, 0.6) is 0 Å². The highest BCUT2D eigenvalue weighted by Crippen LogP contribution is 2.09. The van der Waals surface area contributed by atoms with Crippen molar-refractivity contribution in [1.82, 2.24) is 31.9 Å². The first kappa shape index (κ1) is 37.0. The Morgan fingerprint density at radius 2 is 1.35 bits per heavy atom. The molecule has 0 bridgehead atoms. The van der Waals surface area contributed by atoms with Crippen molar-refractivity contribution in [2.24, 2.45) is 22.4 Å². The van der Waals surface area contributed by atoms with E-state index in [0.717, 1.165) is 0 Å². The van der Waals surface area contributed by atoms with E-state index in [0.29, 0.717) is 5.56 Å². The minimum Gasteiger partial charge on any atom is -0.481 e. The molecule has 4 atom stereocenters. The maximum absolute atomic E-state index is 13.5. The molecule has 1 saturated heterocycles. The first-order valence-electron chi connectivity index (χ1n) is 14.8. The zero-order chi connectivity index (χ0) is 34.2. The molecule has 1 aliphatic rings. The molecule has 4 unspecified atom stereocenters. The molecule has 1 aromatic rings. The lowest BCUT2D eigenvalue weighted by Crippen LogP contribution is -2.59. The molecule has 1 aliphatic heterocycles. The molecule has 1 fully saturated rings. The molecular formula is C29H43N9O8. The van der Waals surface area contributed by atoms with Crippen LogP contribution in [0.25, 0.3) is 0 Å². The minimum absolute atomic E-state index is 0.0226. The number of aliphatic imine (C=N–C) groups is 1. The number of carbonyl (C=O) groups excluding carboxylic acids is 6. The van der Waals surface area contributed by atoms with Crippen molar-refractivity contribution in [3.63, 3.8) is 0 Å². The van der Waals surface area contributed by atoms with Gasteiger partial charge in [0.15, 0.2) is 5.96 Å². The number of rotatable bonds is 10. The van der Waals surface area contributed by atoms with Crippen LogP contribution in [0.15, 0.2) is 35.3 Å². The van der Waals surface area contributed by atoms with E-state index in [1.54, 1.807) is 30.3 Å². The number of carbonyl (C=O) groups is 7. The zero-order valence-corrected chi connectivity index (χ0v) is 25.8. The van der Waals surface area contributed by atoms with Crippen molar-refractivity contribution < 1.29 is 38.7 Å². The molecule has 6 amide bonds. The van der Waals surface area contributed by atoms with E-state index in [2.05, 4.69) is 36.9 Å². The third-order valence-electron chi connectivity index (χ3n) is 6.73. The Labute approximate surface area is 266 Å². The normalized spacial score (nSPS) is 22.2. The van der Waals surface area contributed by atoms with Gasteiger partial charge in [-0.2, -0.15) is 0 Å². The van der Waals surface area contributed by atoms with Gasteiger partial charge in [0.05, 0.1) is 19.5 Å². The van der Waals surface area contributed by atoms with Gasteiger partial charge < -0.3 is 48.5 Å². The Kier molecular flexibility index (Phi) is 14.9. The van der Waals surface area contributed by atoms with Gasteiger partial charge in [0.25, 0.3) is 0 Å². The van der Waals surface area contributed by atoms with Gasteiger partial charge in [-0.3, -0.25) is 38.6 Å². The molecule has 1 aromatic carbocycles. The Bertz CT molecular complexity index is 1280. The SMILES string of the molecule is CC(C)CC1NC(=O)C(Cc2ccccc2)NC(=O)C(CC(=O)O)NC(=O)CNC(=O)C(CCCN=C(N)N)NC(=O)CNC1=O. The maximum atomic E-state index is 13.5. The highest BCUT2D eigenvalue weighted by Gasteiger charge is 2.32. The van der Waals surface area contributed by atoms with Gasteiger partial charge in [-0.15, -0.1) is 0 Å². The number of hydrogen-bond donors (Lipinski definition) is 9. The van der Waals surface area contributed by atoms with Gasteiger partial charge >= 0.3 is 5.97 Å². The average Bonchev–Trinajstić information content (AvgIpc) is 2.98. The predicted molar refractivity (Wildman–Crippen MR) is 166 cm³/mol. The number of benzene rings is 1. The van der Waals surface area contributed by atoms with E-state index < -0.39 is 85.1 Å². The number of nitrogens with two attached hydrogens (primary N) is 2. The molecule has 46 heavy (non-hydrogen) atoms. The summed E-state index contributed by atoms with van der Waals surface area (Å²) in [6, 6.07) is 3.50. The summed E-state index contributed by atoms with van der Waals surface area (Å²) in [5, 5.41) is 24.1. The maximum Gasteiger partial charge on any atom is 0.305 e. The molecule has 0 aliphatic carbocycles. The summed E-state index contributed by atoms with van der Waals surface area (Å²) < 4.78 is 0. The highest BCUT2D eigenvalue weighted by atomic mass is 16.4. The monoisotopic (exact) mass is 645 g/mol. The van der Waals surface area contributed by atoms with Crippen LogP contribution in [-0.4, -0.2) is 96.3 Å². The molecule has 17 heteroatoms. The standard InChI is InChI=1S/C29H43N9O8/c1-16(2)11-19-26(44)34-14-22(39)35-18(9-6-10-32-29(30)31)25(43)33-15-23(40)36-21(13-24(41)42)28(46)38-20(27(45)37-19)12-17-7-4-3-5-8-17/h3-5,7-8,16,18-21H,6,9-15H2,1-2H3,(H,33,43)(H,34,44)(H,35,39)(H,36,40)(H,37,45)(H,38,46)(H,41,42)(H4,30,31,32). The molecular weight excluding hydrogens is 602 g/mol. The summed E-state index contributed by atoms with van der Waals surface area (Å²) in [6.07, 6.45) is -0.345. The highest BCUT2D eigenvalue weighted by molar-refractivity contribution is 5.97. The molecule has 2 rings (SSSR count). The van der Waals surface area contributed by atoms with Crippen LogP contribution in [0.1, 0.15) is 45.1 Å². The van der Waals surface area contributed by atoms with Crippen molar-refractivity contribution in [1.29, 1.82) is 0 Å². The fourth-order valence-electron chi connectivity index (χ4n) is 4.53. The number of nitrogens with zero attached hydrogens (tertiary/aromatic N) is 1. The van der Waals surface area contributed by atoms with Gasteiger partial charge in [-0.25, -0.2) is 0 Å². The van der Waals surface area contributed by atoms with Gasteiger partial charge in [-0.1, -0.05) is 44.2 Å². The third-order valence-corrected chi connectivity index (χ3v) is 6.73. The van der Waals surface area contributed by atoms with Crippen molar-refractivity contribution in [2.45, 2.75) is 70.1 Å². The van der Waals surface area contributed by atoms with E-state index >= 15 is 0 Å². The quantitative estimate of drug-likeness (QED) is 0.0706. The second kappa shape index (κ2) is 18.6. The van der Waals surface area contributed by atoms with Crippen LogP contribution in [0, 0.1) is 5.92 Å². The second-order valence-corrected chi connectivity index (χ2v) is 11.2. The number of aliphatic carboxylic acids is 1. The van der Waals surface area contributed by atoms with E-state index in [1.807, 2.05) is 13.8 Å². The Balaban J connectivity index is 2.41. The summed E-state index contributed by atoms with van der Waals surface area (Å²) in [6.45, 7) is 2.61. The Morgan fingerprint density at radius 3 is 1.91 bits per heavy atom. The van der Waals surface area contributed by atoms with Crippen molar-refractivity contribution in [2.75, 3.05) is 19.6 Å². The van der Waals surface area contributed by atoms with Crippen LogP contribution < -0.4 is 43.4 Å². The number of amides is 6. The summed E-state index contributed by atoms with van der Waals surface area (Å²) >= 11 is 0. The lowest BCUT2D eigenvalue weighted by atomic mass is 10.0. The summed E-state index contributed by atoms with van der Waals surface area (Å²) in [7, 11) is 0. The lowest BCUT2D eigenvalue weighted by Gasteiger charge is -2.26. The molecule has 252 valence electrons.